The maximum absolute atomic E-state index is 14.2. The third kappa shape index (κ3) is 2.92. The van der Waals surface area contributed by atoms with E-state index in [4.69, 9.17) is 17.3 Å². The van der Waals surface area contributed by atoms with Gasteiger partial charge in [-0.25, -0.2) is 9.37 Å². The molecule has 0 saturated carbocycles. The number of nitrogens with one attached hydrogen (secondary N) is 1. The molecule has 0 amide bonds. The summed E-state index contributed by atoms with van der Waals surface area (Å²) in [5.41, 5.74) is 8.25. The average molecular weight is 294 g/mol. The second-order valence-electron chi connectivity index (χ2n) is 4.58. The van der Waals surface area contributed by atoms with Crippen molar-refractivity contribution >= 4 is 17.4 Å². The van der Waals surface area contributed by atoms with Crippen molar-refractivity contribution in [3.8, 4) is 0 Å². The molecule has 1 atom stereocenters. The fourth-order valence-corrected chi connectivity index (χ4v) is 2.43. The number of nitrogens with zero attached hydrogens (tertiary/aromatic N) is 1. The zero-order valence-corrected chi connectivity index (χ0v) is 12.2. The van der Waals surface area contributed by atoms with Crippen molar-refractivity contribution in [2.75, 3.05) is 12.3 Å². The predicted octanol–water partition coefficient (Wildman–Crippen LogP) is 3.46. The van der Waals surface area contributed by atoms with Gasteiger partial charge in [-0.15, -0.1) is 0 Å². The van der Waals surface area contributed by atoms with E-state index < -0.39 is 0 Å². The van der Waals surface area contributed by atoms with Crippen molar-refractivity contribution < 1.29 is 4.39 Å². The maximum atomic E-state index is 14.2. The van der Waals surface area contributed by atoms with Crippen molar-refractivity contribution in [3.63, 3.8) is 0 Å². The van der Waals surface area contributed by atoms with E-state index in [0.29, 0.717) is 22.9 Å². The zero-order valence-electron chi connectivity index (χ0n) is 11.5. The molecule has 1 heterocycles. The molecule has 1 unspecified atom stereocenters. The van der Waals surface area contributed by atoms with Crippen LogP contribution in [0, 0.1) is 12.7 Å². The Morgan fingerprint density at radius 2 is 2.15 bits per heavy atom. The number of aryl methyl sites for hydroxylation is 1. The standard InChI is InChI=1S/C15H17ClFN3/c1-3-19-14(11-5-4-10(16)8-12(11)17)13-9(2)6-7-20-15(13)18/h4-8,14,19H,3H2,1-2H3,(H2,18,20). The molecule has 5 heteroatoms. The molecule has 1 aromatic heterocycles. The fourth-order valence-electron chi connectivity index (χ4n) is 2.27. The van der Waals surface area contributed by atoms with Crippen LogP contribution in [0.5, 0.6) is 0 Å². The quantitative estimate of drug-likeness (QED) is 0.907. The molecule has 3 N–H and O–H groups in total. The van der Waals surface area contributed by atoms with Gasteiger partial charge in [-0.2, -0.15) is 0 Å². The highest BCUT2D eigenvalue weighted by Crippen LogP contribution is 2.31. The van der Waals surface area contributed by atoms with Crippen molar-refractivity contribution in [1.82, 2.24) is 10.3 Å². The predicted molar refractivity (Wildman–Crippen MR) is 80.3 cm³/mol. The minimum atomic E-state index is -0.355. The summed E-state index contributed by atoms with van der Waals surface area (Å²) >= 11 is 5.81. The van der Waals surface area contributed by atoms with Crippen molar-refractivity contribution in [1.29, 1.82) is 0 Å². The third-order valence-electron chi connectivity index (χ3n) is 3.21. The van der Waals surface area contributed by atoms with Gasteiger partial charge in [0, 0.05) is 22.3 Å². The van der Waals surface area contributed by atoms with Crippen LogP contribution in [0.2, 0.25) is 5.02 Å². The van der Waals surface area contributed by atoms with Crippen LogP contribution in [0.15, 0.2) is 30.5 Å². The summed E-state index contributed by atoms with van der Waals surface area (Å²) in [4.78, 5) is 4.11. The second kappa shape index (κ2) is 6.20. The van der Waals surface area contributed by atoms with Crippen molar-refractivity contribution in [3.05, 3.63) is 58.0 Å². The molecular weight excluding hydrogens is 277 g/mol. The molecule has 2 aromatic rings. The van der Waals surface area contributed by atoms with Gasteiger partial charge in [-0.1, -0.05) is 24.6 Å². The van der Waals surface area contributed by atoms with Crippen LogP contribution in [0.25, 0.3) is 0 Å². The van der Waals surface area contributed by atoms with Gasteiger partial charge in [-0.05, 0) is 37.2 Å². The van der Waals surface area contributed by atoms with Gasteiger partial charge in [0.05, 0.1) is 6.04 Å². The lowest BCUT2D eigenvalue weighted by molar-refractivity contribution is 0.558. The van der Waals surface area contributed by atoms with Gasteiger partial charge < -0.3 is 11.1 Å². The van der Waals surface area contributed by atoms with Gasteiger partial charge in [0.25, 0.3) is 0 Å². The first-order valence-corrected chi connectivity index (χ1v) is 6.81. The first kappa shape index (κ1) is 14.8. The second-order valence-corrected chi connectivity index (χ2v) is 5.02. The summed E-state index contributed by atoms with van der Waals surface area (Å²) < 4.78 is 14.2. The van der Waals surface area contributed by atoms with E-state index >= 15 is 0 Å². The Morgan fingerprint density at radius 1 is 1.40 bits per heavy atom. The average Bonchev–Trinajstić information content (AvgIpc) is 2.38. The minimum absolute atomic E-state index is 0.342. The van der Waals surface area contributed by atoms with E-state index in [2.05, 4.69) is 10.3 Å². The maximum Gasteiger partial charge on any atom is 0.129 e. The Labute approximate surface area is 123 Å². The van der Waals surface area contributed by atoms with Crippen LogP contribution in [-0.4, -0.2) is 11.5 Å². The number of benzene rings is 1. The van der Waals surface area contributed by atoms with Gasteiger partial charge in [0.15, 0.2) is 0 Å². The number of hydrogen-bond acceptors (Lipinski definition) is 3. The number of rotatable bonds is 4. The summed E-state index contributed by atoms with van der Waals surface area (Å²) in [5.74, 6) is 0.0522. The number of nitrogens with two attached hydrogens (primary N) is 1. The van der Waals surface area contributed by atoms with Crippen LogP contribution >= 0.6 is 11.6 Å². The number of anilines is 1. The smallest absolute Gasteiger partial charge is 0.129 e. The van der Waals surface area contributed by atoms with Crippen LogP contribution in [0.1, 0.15) is 29.7 Å². The van der Waals surface area contributed by atoms with Gasteiger partial charge in [-0.3, -0.25) is 0 Å². The number of nitrogen functional groups attached to an aromatic ring is 1. The molecule has 0 spiro atoms. The van der Waals surface area contributed by atoms with Gasteiger partial charge >= 0.3 is 0 Å². The molecule has 2 rings (SSSR count). The summed E-state index contributed by atoms with van der Waals surface area (Å²) in [6.07, 6.45) is 1.65. The molecule has 0 aliphatic carbocycles. The summed E-state index contributed by atoms with van der Waals surface area (Å²) in [7, 11) is 0. The van der Waals surface area contributed by atoms with Crippen LogP contribution < -0.4 is 11.1 Å². The highest BCUT2D eigenvalue weighted by Gasteiger charge is 2.21. The SMILES string of the molecule is CCNC(c1ccc(Cl)cc1F)c1c(C)ccnc1N. The van der Waals surface area contributed by atoms with E-state index in [-0.39, 0.29) is 11.9 Å². The third-order valence-corrected chi connectivity index (χ3v) is 3.44. The van der Waals surface area contributed by atoms with Gasteiger partial charge in [0.2, 0.25) is 0 Å². The molecule has 106 valence electrons. The fraction of sp³-hybridized carbons (Fsp3) is 0.267. The Morgan fingerprint density at radius 3 is 2.75 bits per heavy atom. The number of hydrogen-bond donors (Lipinski definition) is 2. The van der Waals surface area contributed by atoms with Crippen LogP contribution in [0.4, 0.5) is 10.2 Å². The first-order chi connectivity index (χ1) is 9.54. The topological polar surface area (TPSA) is 50.9 Å². The van der Waals surface area contributed by atoms with Crippen LogP contribution in [0.3, 0.4) is 0 Å². The molecular formula is C15H17ClFN3. The molecule has 0 saturated heterocycles. The molecule has 0 fully saturated rings. The van der Waals surface area contributed by atoms with Gasteiger partial charge in [0.1, 0.15) is 11.6 Å². The summed E-state index contributed by atoms with van der Waals surface area (Å²) in [5, 5.41) is 3.63. The lowest BCUT2D eigenvalue weighted by Crippen LogP contribution is -2.25. The lowest BCUT2D eigenvalue weighted by Gasteiger charge is -2.22. The highest BCUT2D eigenvalue weighted by atomic mass is 35.5. The number of aromatic nitrogens is 1. The molecule has 0 aliphatic heterocycles. The summed E-state index contributed by atoms with van der Waals surface area (Å²) in [6, 6.07) is 6.18. The number of halogens is 2. The van der Waals surface area contributed by atoms with E-state index in [1.807, 2.05) is 19.9 Å². The largest absolute Gasteiger partial charge is 0.383 e. The number of pyridine rings is 1. The highest BCUT2D eigenvalue weighted by molar-refractivity contribution is 6.30. The van der Waals surface area contributed by atoms with E-state index in [0.717, 1.165) is 11.1 Å². The van der Waals surface area contributed by atoms with E-state index in [9.17, 15) is 4.39 Å². The van der Waals surface area contributed by atoms with E-state index in [1.54, 1.807) is 18.3 Å². The molecule has 0 bridgehead atoms. The minimum Gasteiger partial charge on any atom is -0.383 e. The monoisotopic (exact) mass is 293 g/mol. The normalized spacial score (nSPS) is 12.4. The molecule has 0 aliphatic rings. The molecule has 3 nitrogen and oxygen atoms in total. The molecule has 20 heavy (non-hydrogen) atoms. The molecule has 0 radical (unpaired) electrons. The van der Waals surface area contributed by atoms with Crippen molar-refractivity contribution in [2.45, 2.75) is 19.9 Å². The Kier molecular flexibility index (Phi) is 4.57. The molecule has 1 aromatic carbocycles. The van der Waals surface area contributed by atoms with Crippen molar-refractivity contribution in [2.24, 2.45) is 0 Å². The Bertz CT molecular complexity index is 596. The lowest BCUT2D eigenvalue weighted by atomic mass is 9.95. The van der Waals surface area contributed by atoms with Crippen LogP contribution in [-0.2, 0) is 0 Å². The Hall–Kier alpha value is -1.65. The zero-order chi connectivity index (χ0) is 14.7. The van der Waals surface area contributed by atoms with E-state index in [1.165, 1.54) is 6.07 Å². The summed E-state index contributed by atoms with van der Waals surface area (Å²) in [6.45, 7) is 4.58. The first-order valence-electron chi connectivity index (χ1n) is 6.44. The Balaban J connectivity index is 2.56.